The third-order valence-electron chi connectivity index (χ3n) is 4.51. The number of halogens is 4. The van der Waals surface area contributed by atoms with Gasteiger partial charge in [-0.05, 0) is 39.0 Å². The van der Waals surface area contributed by atoms with Crippen LogP contribution < -0.4 is 11.1 Å². The maximum Gasteiger partial charge on any atom is 0.416 e. The molecule has 0 saturated carbocycles. The van der Waals surface area contributed by atoms with Gasteiger partial charge in [0, 0.05) is 17.6 Å². The summed E-state index contributed by atoms with van der Waals surface area (Å²) in [6.07, 6.45) is -4.77. The van der Waals surface area contributed by atoms with Gasteiger partial charge in [0.2, 0.25) is 0 Å². The topological polar surface area (TPSA) is 93.2 Å². The molecule has 0 spiro atoms. The van der Waals surface area contributed by atoms with Gasteiger partial charge >= 0.3 is 12.2 Å². The number of nitrogens with zero attached hydrogens (tertiary/aromatic N) is 3. The lowest BCUT2D eigenvalue weighted by atomic mass is 10.0. The number of nitrogens with two attached hydrogens (primary N) is 1. The summed E-state index contributed by atoms with van der Waals surface area (Å²) >= 11 is 0. The van der Waals surface area contributed by atoms with E-state index in [1.165, 1.54) is 9.58 Å². The number of hydrogen-bond acceptors (Lipinski definition) is 3. The number of primary amides is 1. The number of carbonyl (C=O) groups is 2. The molecular formula is C19H21F4N5O2. The molecule has 3 amide bonds. The van der Waals surface area contributed by atoms with Crippen molar-refractivity contribution >= 4 is 11.9 Å². The van der Waals surface area contributed by atoms with Crippen LogP contribution in [0.3, 0.4) is 0 Å². The lowest BCUT2D eigenvalue weighted by Gasteiger charge is -2.27. The Bertz CT molecular complexity index is 1010. The smallest absolute Gasteiger partial charge is 0.351 e. The fraction of sp³-hybridized carbons (Fsp3) is 0.421. The van der Waals surface area contributed by atoms with Crippen molar-refractivity contribution in [1.29, 1.82) is 0 Å². The Labute approximate surface area is 169 Å². The average molecular weight is 427 g/mol. The number of alkyl halides is 3. The zero-order valence-electron chi connectivity index (χ0n) is 16.6. The first-order chi connectivity index (χ1) is 13.8. The van der Waals surface area contributed by atoms with Crippen LogP contribution in [0.5, 0.6) is 0 Å². The second-order valence-corrected chi connectivity index (χ2v) is 8.08. The monoisotopic (exact) mass is 427 g/mol. The van der Waals surface area contributed by atoms with Crippen molar-refractivity contribution in [3.63, 3.8) is 0 Å². The van der Waals surface area contributed by atoms with Gasteiger partial charge in [-0.2, -0.15) is 18.3 Å². The molecule has 1 aliphatic rings. The van der Waals surface area contributed by atoms with E-state index in [1.54, 1.807) is 20.8 Å². The number of hydrogen-bond donors (Lipinski definition) is 2. The van der Waals surface area contributed by atoms with Crippen LogP contribution in [0.1, 0.15) is 42.4 Å². The fourth-order valence-corrected chi connectivity index (χ4v) is 3.24. The molecule has 0 fully saturated rings. The molecule has 3 rings (SSSR count). The van der Waals surface area contributed by atoms with Crippen molar-refractivity contribution in [2.24, 2.45) is 5.73 Å². The van der Waals surface area contributed by atoms with Crippen LogP contribution in [0.25, 0.3) is 11.3 Å². The summed E-state index contributed by atoms with van der Waals surface area (Å²) in [4.78, 5) is 25.9. The number of carbonyl (C=O) groups excluding carboxylic acids is 2. The molecule has 0 unspecified atom stereocenters. The van der Waals surface area contributed by atoms with Crippen molar-refractivity contribution in [1.82, 2.24) is 20.0 Å². The third-order valence-corrected chi connectivity index (χ3v) is 4.51. The quantitative estimate of drug-likeness (QED) is 0.722. The number of benzene rings is 1. The van der Waals surface area contributed by atoms with E-state index in [-0.39, 0.29) is 36.5 Å². The first-order valence-electron chi connectivity index (χ1n) is 9.11. The fourth-order valence-electron chi connectivity index (χ4n) is 3.24. The van der Waals surface area contributed by atoms with Crippen molar-refractivity contribution in [2.45, 2.75) is 45.6 Å². The van der Waals surface area contributed by atoms with E-state index in [4.69, 9.17) is 5.73 Å². The largest absolute Gasteiger partial charge is 0.416 e. The van der Waals surface area contributed by atoms with Crippen molar-refractivity contribution in [2.75, 3.05) is 6.54 Å². The summed E-state index contributed by atoms with van der Waals surface area (Å²) in [5.41, 5.74) is 3.51. The summed E-state index contributed by atoms with van der Waals surface area (Å²) in [5, 5.41) is 7.02. The number of urea groups is 1. The maximum absolute atomic E-state index is 14.0. The van der Waals surface area contributed by atoms with E-state index in [0.29, 0.717) is 11.8 Å². The lowest BCUT2D eigenvalue weighted by Crippen LogP contribution is -2.44. The summed E-state index contributed by atoms with van der Waals surface area (Å²) in [5.74, 6) is -1.70. The van der Waals surface area contributed by atoms with Gasteiger partial charge in [0.05, 0.1) is 29.9 Å². The molecule has 1 aliphatic heterocycles. The van der Waals surface area contributed by atoms with E-state index in [2.05, 4.69) is 10.4 Å². The van der Waals surface area contributed by atoms with E-state index in [1.807, 2.05) is 0 Å². The number of rotatable bonds is 2. The number of amides is 3. The Morgan fingerprint density at radius 2 is 1.80 bits per heavy atom. The number of nitrogens with one attached hydrogen (secondary N) is 1. The summed E-state index contributed by atoms with van der Waals surface area (Å²) < 4.78 is 55.0. The molecule has 1 aromatic carbocycles. The summed E-state index contributed by atoms with van der Waals surface area (Å²) in [6, 6.07) is 1.32. The van der Waals surface area contributed by atoms with Gasteiger partial charge in [-0.15, -0.1) is 0 Å². The first-order valence-corrected chi connectivity index (χ1v) is 9.11. The van der Waals surface area contributed by atoms with E-state index >= 15 is 0 Å². The maximum atomic E-state index is 14.0. The van der Waals surface area contributed by atoms with Crippen LogP contribution in [-0.2, 0) is 19.3 Å². The Hall–Kier alpha value is -3.11. The van der Waals surface area contributed by atoms with Crippen LogP contribution in [0.4, 0.5) is 22.4 Å². The van der Waals surface area contributed by atoms with E-state index < -0.39 is 35.0 Å². The van der Waals surface area contributed by atoms with Crippen molar-refractivity contribution in [3.8, 4) is 11.3 Å². The highest BCUT2D eigenvalue weighted by molar-refractivity contribution is 6.01. The molecular weight excluding hydrogens is 406 g/mol. The second kappa shape index (κ2) is 7.29. The summed E-state index contributed by atoms with van der Waals surface area (Å²) in [6.45, 7) is 5.58. The van der Waals surface area contributed by atoms with Crippen molar-refractivity contribution < 1.29 is 27.2 Å². The van der Waals surface area contributed by atoms with Crippen LogP contribution in [0.2, 0.25) is 0 Å². The van der Waals surface area contributed by atoms with Gasteiger partial charge in [0.25, 0.3) is 5.91 Å². The van der Waals surface area contributed by atoms with E-state index in [9.17, 15) is 27.2 Å². The van der Waals surface area contributed by atoms with Crippen molar-refractivity contribution in [3.05, 3.63) is 40.8 Å². The highest BCUT2D eigenvalue weighted by Crippen LogP contribution is 2.35. The zero-order chi connectivity index (χ0) is 22.4. The molecule has 0 atom stereocenters. The third kappa shape index (κ3) is 4.39. The summed E-state index contributed by atoms with van der Waals surface area (Å²) in [7, 11) is 0. The Balaban J connectivity index is 2.20. The van der Waals surface area contributed by atoms with Gasteiger partial charge in [0.15, 0.2) is 0 Å². The van der Waals surface area contributed by atoms with Crippen LogP contribution >= 0.6 is 0 Å². The molecule has 1 aromatic heterocycles. The van der Waals surface area contributed by atoms with Gasteiger partial charge in [-0.3, -0.25) is 9.48 Å². The Kier molecular flexibility index (Phi) is 5.25. The average Bonchev–Trinajstić information content (AvgIpc) is 2.97. The molecule has 2 aromatic rings. The minimum Gasteiger partial charge on any atom is -0.351 e. The molecule has 162 valence electrons. The Morgan fingerprint density at radius 1 is 1.13 bits per heavy atom. The Morgan fingerprint density at radius 3 is 2.37 bits per heavy atom. The molecule has 2 heterocycles. The van der Waals surface area contributed by atoms with Crippen LogP contribution in [-0.4, -0.2) is 38.7 Å². The number of fused-ring (bicyclic) bond motifs is 1. The molecule has 3 N–H and O–H groups in total. The minimum atomic E-state index is -4.77. The van der Waals surface area contributed by atoms with Gasteiger partial charge in [-0.25, -0.2) is 9.18 Å². The predicted molar refractivity (Wildman–Crippen MR) is 99.8 cm³/mol. The molecule has 7 nitrogen and oxygen atoms in total. The molecule has 0 saturated heterocycles. The lowest BCUT2D eigenvalue weighted by molar-refractivity contribution is -0.137. The van der Waals surface area contributed by atoms with Gasteiger partial charge in [0.1, 0.15) is 11.5 Å². The van der Waals surface area contributed by atoms with Crippen LogP contribution in [0, 0.1) is 5.82 Å². The highest BCUT2D eigenvalue weighted by atomic mass is 19.4. The molecule has 0 radical (unpaired) electrons. The van der Waals surface area contributed by atoms with Gasteiger partial charge in [-0.1, -0.05) is 0 Å². The SMILES string of the molecule is CC(C)(C)NC(=O)c1c(-c2cc(F)cc(C(F)(F)F)c2)nn2c1CN(C(N)=O)CC2. The van der Waals surface area contributed by atoms with Gasteiger partial charge < -0.3 is 16.0 Å². The molecule has 11 heteroatoms. The second-order valence-electron chi connectivity index (χ2n) is 8.08. The number of aromatic nitrogens is 2. The first kappa shape index (κ1) is 21.6. The van der Waals surface area contributed by atoms with Crippen LogP contribution in [0.15, 0.2) is 18.2 Å². The minimum absolute atomic E-state index is 0.0189. The van der Waals surface area contributed by atoms with E-state index in [0.717, 1.165) is 12.1 Å². The standard InChI is InChI=1S/C19H21F4N5O2/c1-18(2,3)25-16(29)14-13-9-27(17(24)30)4-5-28(13)26-15(14)10-6-11(19(21,22)23)8-12(20)7-10/h6-8H,4-5,9H2,1-3H3,(H2,24,30)(H,25,29). The molecule has 0 aliphatic carbocycles. The zero-order valence-corrected chi connectivity index (χ0v) is 16.6. The normalized spacial score (nSPS) is 14.4. The highest BCUT2D eigenvalue weighted by Gasteiger charge is 2.34. The molecule has 30 heavy (non-hydrogen) atoms. The predicted octanol–water partition coefficient (Wildman–Crippen LogP) is 3.13. The molecule has 0 bridgehead atoms.